The molecule has 0 saturated heterocycles. The van der Waals surface area contributed by atoms with Gasteiger partial charge in [-0.1, -0.05) is 70.4 Å². The number of alkyl halides is 1. The van der Waals surface area contributed by atoms with Crippen LogP contribution in [0.2, 0.25) is 0 Å². The number of hydrogen-bond acceptors (Lipinski definition) is 2. The van der Waals surface area contributed by atoms with E-state index in [-0.39, 0.29) is 0 Å². The van der Waals surface area contributed by atoms with Gasteiger partial charge in [0.1, 0.15) is 11.5 Å². The van der Waals surface area contributed by atoms with Gasteiger partial charge in [-0.15, -0.1) is 11.6 Å². The van der Waals surface area contributed by atoms with Gasteiger partial charge in [-0.2, -0.15) is 0 Å². The highest BCUT2D eigenvalue weighted by Gasteiger charge is 2.01. The van der Waals surface area contributed by atoms with Crippen LogP contribution in [0.1, 0.15) is 77.6 Å². The molecule has 0 atom stereocenters. The lowest BCUT2D eigenvalue weighted by Gasteiger charge is -2.10. The van der Waals surface area contributed by atoms with Crippen molar-refractivity contribution in [1.29, 1.82) is 0 Å². The van der Waals surface area contributed by atoms with Crippen molar-refractivity contribution in [3.05, 3.63) is 36.4 Å². The fourth-order valence-electron chi connectivity index (χ4n) is 3.37. The van der Waals surface area contributed by atoms with Gasteiger partial charge in [-0.25, -0.2) is 0 Å². The molecule has 0 aliphatic rings. The molecule has 2 nitrogen and oxygen atoms in total. The highest BCUT2D eigenvalue weighted by molar-refractivity contribution is 6.17. The number of ether oxygens (including phenoxy) is 2. The molecule has 0 unspecified atom stereocenters. The van der Waals surface area contributed by atoms with E-state index in [4.69, 9.17) is 21.1 Å². The van der Waals surface area contributed by atoms with Crippen molar-refractivity contribution in [3.63, 3.8) is 0 Å². The van der Waals surface area contributed by atoms with Crippen LogP contribution in [-0.2, 0) is 0 Å². The zero-order valence-electron chi connectivity index (χ0n) is 17.6. The van der Waals surface area contributed by atoms with E-state index >= 15 is 0 Å². The Labute approximate surface area is 176 Å². The molecule has 28 heavy (non-hydrogen) atoms. The molecule has 0 aliphatic heterocycles. The lowest BCUT2D eigenvalue weighted by molar-refractivity contribution is 0.304. The van der Waals surface area contributed by atoms with Crippen molar-refractivity contribution < 1.29 is 9.47 Å². The summed E-state index contributed by atoms with van der Waals surface area (Å²) in [5, 5.41) is 2.41. The number of unbranched alkanes of at least 4 members (excludes halogenated alkanes) is 9. The molecule has 2 aromatic rings. The number of hydrogen-bond donors (Lipinski definition) is 0. The third-order valence-electron chi connectivity index (χ3n) is 5.10. The first kappa shape index (κ1) is 22.9. The van der Waals surface area contributed by atoms with Crippen molar-refractivity contribution >= 4 is 22.4 Å². The molecule has 0 saturated carbocycles. The summed E-state index contributed by atoms with van der Waals surface area (Å²) in [5.74, 6) is 2.71. The van der Waals surface area contributed by atoms with Crippen LogP contribution in [0.5, 0.6) is 11.5 Å². The van der Waals surface area contributed by atoms with Gasteiger partial charge >= 0.3 is 0 Å². The topological polar surface area (TPSA) is 18.5 Å². The molecule has 3 heteroatoms. The van der Waals surface area contributed by atoms with Crippen molar-refractivity contribution in [2.45, 2.75) is 77.6 Å². The first-order valence-electron chi connectivity index (χ1n) is 11.2. The Morgan fingerprint density at radius 1 is 0.607 bits per heavy atom. The van der Waals surface area contributed by atoms with Crippen molar-refractivity contribution in [3.8, 4) is 11.5 Å². The molecule has 0 fully saturated rings. The quantitative estimate of drug-likeness (QED) is 0.207. The minimum absolute atomic E-state index is 0.789. The maximum absolute atomic E-state index is 5.93. The molecule has 0 aliphatic carbocycles. The van der Waals surface area contributed by atoms with E-state index in [0.717, 1.165) is 49.9 Å². The largest absolute Gasteiger partial charge is 0.494 e. The fourth-order valence-corrected chi connectivity index (χ4v) is 3.56. The van der Waals surface area contributed by atoms with Crippen molar-refractivity contribution in [2.75, 3.05) is 19.1 Å². The van der Waals surface area contributed by atoms with Crippen molar-refractivity contribution in [1.82, 2.24) is 0 Å². The van der Waals surface area contributed by atoms with Crippen LogP contribution >= 0.6 is 11.6 Å². The number of fused-ring (bicyclic) bond motifs is 1. The first-order chi connectivity index (χ1) is 13.8. The second kappa shape index (κ2) is 14.6. The van der Waals surface area contributed by atoms with Crippen LogP contribution in [0.3, 0.4) is 0 Å². The highest BCUT2D eigenvalue weighted by atomic mass is 35.5. The zero-order chi connectivity index (χ0) is 19.9. The SMILES string of the molecule is CCCCCCCOc1ccc2cc(OCCCCCCCCCl)ccc2c1. The van der Waals surface area contributed by atoms with Gasteiger partial charge in [-0.3, -0.25) is 0 Å². The number of benzene rings is 2. The Balaban J connectivity index is 1.68. The molecular formula is C25H37ClO2. The van der Waals surface area contributed by atoms with E-state index < -0.39 is 0 Å². The minimum atomic E-state index is 0.789. The van der Waals surface area contributed by atoms with Gasteiger partial charge in [-0.05, 0) is 54.3 Å². The van der Waals surface area contributed by atoms with E-state index in [2.05, 4.69) is 43.3 Å². The molecule has 0 aromatic heterocycles. The van der Waals surface area contributed by atoms with E-state index in [1.54, 1.807) is 0 Å². The second-order valence-electron chi connectivity index (χ2n) is 7.59. The molecule has 156 valence electrons. The van der Waals surface area contributed by atoms with E-state index in [1.165, 1.54) is 62.1 Å². The zero-order valence-corrected chi connectivity index (χ0v) is 18.3. The summed E-state index contributed by atoms with van der Waals surface area (Å²) >= 11 is 5.70. The van der Waals surface area contributed by atoms with Crippen LogP contribution in [-0.4, -0.2) is 19.1 Å². The molecule has 0 amide bonds. The van der Waals surface area contributed by atoms with E-state index in [9.17, 15) is 0 Å². The Bertz CT molecular complexity index is 656. The summed E-state index contributed by atoms with van der Waals surface area (Å²) in [7, 11) is 0. The molecule has 0 heterocycles. The summed E-state index contributed by atoms with van der Waals surface area (Å²) in [6.45, 7) is 3.84. The third-order valence-corrected chi connectivity index (χ3v) is 5.36. The summed E-state index contributed by atoms with van der Waals surface area (Å²) < 4.78 is 11.8. The van der Waals surface area contributed by atoms with Gasteiger partial charge in [0.15, 0.2) is 0 Å². The molecule has 2 aromatic carbocycles. The maximum Gasteiger partial charge on any atom is 0.119 e. The van der Waals surface area contributed by atoms with Crippen LogP contribution < -0.4 is 9.47 Å². The maximum atomic E-state index is 5.93. The molecular weight excluding hydrogens is 368 g/mol. The second-order valence-corrected chi connectivity index (χ2v) is 7.97. The summed E-state index contributed by atoms with van der Waals surface area (Å²) in [6.07, 6.45) is 13.6. The Morgan fingerprint density at radius 2 is 1.07 bits per heavy atom. The molecule has 0 radical (unpaired) electrons. The average Bonchev–Trinajstić information content (AvgIpc) is 2.72. The monoisotopic (exact) mass is 404 g/mol. The highest BCUT2D eigenvalue weighted by Crippen LogP contribution is 2.25. The van der Waals surface area contributed by atoms with Gasteiger partial charge in [0.25, 0.3) is 0 Å². The van der Waals surface area contributed by atoms with Gasteiger partial charge in [0, 0.05) is 5.88 Å². The summed E-state index contributed by atoms with van der Waals surface area (Å²) in [4.78, 5) is 0. The van der Waals surface area contributed by atoms with Crippen LogP contribution in [0.25, 0.3) is 10.8 Å². The smallest absolute Gasteiger partial charge is 0.119 e. The molecule has 0 N–H and O–H groups in total. The average molecular weight is 405 g/mol. The van der Waals surface area contributed by atoms with Crippen LogP contribution in [0.4, 0.5) is 0 Å². The van der Waals surface area contributed by atoms with E-state index in [0.29, 0.717) is 0 Å². The van der Waals surface area contributed by atoms with Gasteiger partial charge in [0.2, 0.25) is 0 Å². The lowest BCUT2D eigenvalue weighted by atomic mass is 10.1. The Hall–Kier alpha value is -1.41. The molecule has 0 bridgehead atoms. The van der Waals surface area contributed by atoms with E-state index in [1.807, 2.05) is 0 Å². The third kappa shape index (κ3) is 9.19. The van der Waals surface area contributed by atoms with Crippen LogP contribution in [0, 0.1) is 0 Å². The predicted molar refractivity (Wildman–Crippen MR) is 122 cm³/mol. The van der Waals surface area contributed by atoms with Crippen molar-refractivity contribution in [2.24, 2.45) is 0 Å². The normalized spacial score (nSPS) is 11.1. The first-order valence-corrected chi connectivity index (χ1v) is 11.7. The van der Waals surface area contributed by atoms with Gasteiger partial charge in [0.05, 0.1) is 13.2 Å². The standard InChI is InChI=1S/C25H37ClO2/c1-2-3-4-8-11-18-27-24-15-13-23-21-25(16-14-22(23)20-24)28-19-12-9-6-5-7-10-17-26/h13-16,20-21H,2-12,17-19H2,1H3. The molecule has 2 rings (SSSR count). The Morgan fingerprint density at radius 3 is 1.57 bits per heavy atom. The fraction of sp³-hybridized carbons (Fsp3) is 0.600. The van der Waals surface area contributed by atoms with Gasteiger partial charge < -0.3 is 9.47 Å². The predicted octanol–water partition coefficient (Wildman–Crippen LogP) is 8.15. The molecule has 0 spiro atoms. The van der Waals surface area contributed by atoms with Crippen LogP contribution in [0.15, 0.2) is 36.4 Å². The Kier molecular flexibility index (Phi) is 11.9. The minimum Gasteiger partial charge on any atom is -0.494 e. The number of rotatable bonds is 16. The summed E-state index contributed by atoms with van der Waals surface area (Å²) in [6, 6.07) is 12.7. The number of halogens is 1. The summed E-state index contributed by atoms with van der Waals surface area (Å²) in [5.41, 5.74) is 0. The lowest BCUT2D eigenvalue weighted by Crippen LogP contribution is -1.98.